The molecule has 7 nitrogen and oxygen atoms in total. The third-order valence-corrected chi connectivity index (χ3v) is 6.59. The highest BCUT2D eigenvalue weighted by atomic mass is 32.2. The summed E-state index contributed by atoms with van der Waals surface area (Å²) in [4.78, 5) is 13.3. The molecule has 0 unspecified atom stereocenters. The van der Waals surface area contributed by atoms with Gasteiger partial charge in [0.1, 0.15) is 0 Å². The van der Waals surface area contributed by atoms with Crippen LogP contribution in [0.5, 0.6) is 0 Å². The first-order valence-corrected chi connectivity index (χ1v) is 12.9. The minimum atomic E-state index is -0.953. The third kappa shape index (κ3) is 8.82. The number of anilines is 1. The Morgan fingerprint density at radius 1 is 0.750 bits per heavy atom. The van der Waals surface area contributed by atoms with Crippen molar-refractivity contribution in [3.05, 3.63) is 54.1 Å². The van der Waals surface area contributed by atoms with Crippen molar-refractivity contribution in [3.63, 3.8) is 0 Å². The number of carboxylic acid groups (broad SMARTS) is 1. The van der Waals surface area contributed by atoms with Gasteiger partial charge in [-0.15, -0.1) is 0 Å². The molecular formula is C23H29N3O4S2. The van der Waals surface area contributed by atoms with Crippen LogP contribution in [0.4, 0.5) is 17.1 Å². The number of carbonyl (C=O) groups is 1. The fourth-order valence-corrected chi connectivity index (χ4v) is 4.58. The number of thioether (sulfide) groups is 2. The molecule has 1 aliphatic rings. The predicted octanol–water partition coefficient (Wildman–Crippen LogP) is 5.12. The van der Waals surface area contributed by atoms with Crippen molar-refractivity contribution in [1.82, 2.24) is 0 Å². The van der Waals surface area contributed by atoms with E-state index in [1.807, 2.05) is 35.7 Å². The predicted molar refractivity (Wildman–Crippen MR) is 133 cm³/mol. The zero-order valence-electron chi connectivity index (χ0n) is 18.0. The van der Waals surface area contributed by atoms with Crippen LogP contribution >= 0.6 is 23.5 Å². The van der Waals surface area contributed by atoms with E-state index in [4.69, 9.17) is 14.6 Å². The van der Waals surface area contributed by atoms with Gasteiger partial charge in [0.2, 0.25) is 0 Å². The van der Waals surface area contributed by atoms with Gasteiger partial charge in [-0.3, -0.25) is 0 Å². The van der Waals surface area contributed by atoms with Gasteiger partial charge in [0, 0.05) is 41.8 Å². The molecule has 2 aromatic rings. The molecule has 0 spiro atoms. The number of aromatic carboxylic acids is 1. The number of hydrogen-bond acceptors (Lipinski definition) is 8. The Morgan fingerprint density at radius 2 is 1.25 bits per heavy atom. The van der Waals surface area contributed by atoms with E-state index in [2.05, 4.69) is 27.3 Å². The molecule has 0 aromatic heterocycles. The lowest BCUT2D eigenvalue weighted by Crippen LogP contribution is -2.28. The summed E-state index contributed by atoms with van der Waals surface area (Å²) in [7, 11) is 0. The smallest absolute Gasteiger partial charge is 0.335 e. The largest absolute Gasteiger partial charge is 0.478 e. The minimum Gasteiger partial charge on any atom is -0.478 e. The maximum Gasteiger partial charge on any atom is 0.335 e. The molecule has 1 fully saturated rings. The number of hydrogen-bond donors (Lipinski definition) is 1. The zero-order valence-corrected chi connectivity index (χ0v) is 19.7. The van der Waals surface area contributed by atoms with E-state index in [0.29, 0.717) is 18.9 Å². The Balaban J connectivity index is 1.57. The number of rotatable bonds is 4. The first-order chi connectivity index (χ1) is 15.7. The van der Waals surface area contributed by atoms with Crippen molar-refractivity contribution in [2.75, 3.05) is 67.4 Å². The second-order valence-electron chi connectivity index (χ2n) is 7.00. The van der Waals surface area contributed by atoms with E-state index in [1.165, 1.54) is 17.8 Å². The second kappa shape index (κ2) is 14.2. The normalized spacial score (nSPS) is 17.6. The first kappa shape index (κ1) is 24.6. The zero-order chi connectivity index (χ0) is 22.4. The van der Waals surface area contributed by atoms with Crippen LogP contribution in [-0.2, 0) is 9.47 Å². The van der Waals surface area contributed by atoms with Gasteiger partial charge in [-0.1, -0.05) is 0 Å². The van der Waals surface area contributed by atoms with Crippen molar-refractivity contribution < 1.29 is 19.4 Å². The average Bonchev–Trinajstić information content (AvgIpc) is 2.83. The second-order valence-corrected chi connectivity index (χ2v) is 9.45. The molecule has 0 bridgehead atoms. The fraction of sp³-hybridized carbons (Fsp3) is 0.435. The lowest BCUT2D eigenvalue weighted by Gasteiger charge is -2.24. The van der Waals surface area contributed by atoms with Crippen molar-refractivity contribution in [2.45, 2.75) is 0 Å². The molecule has 0 amide bonds. The highest BCUT2D eigenvalue weighted by Gasteiger charge is 2.08. The highest BCUT2D eigenvalue weighted by Crippen LogP contribution is 2.23. The fourth-order valence-electron chi connectivity index (χ4n) is 3.00. The van der Waals surface area contributed by atoms with Gasteiger partial charge in [-0.25, -0.2) is 4.79 Å². The monoisotopic (exact) mass is 475 g/mol. The maximum absolute atomic E-state index is 10.9. The topological polar surface area (TPSA) is 83.7 Å². The summed E-state index contributed by atoms with van der Waals surface area (Å²) in [6.07, 6.45) is 0. The maximum atomic E-state index is 10.9. The van der Waals surface area contributed by atoms with Crippen molar-refractivity contribution in [1.29, 1.82) is 0 Å². The molecule has 0 saturated carbocycles. The number of ether oxygens (including phenoxy) is 2. The number of benzene rings is 2. The molecule has 0 atom stereocenters. The van der Waals surface area contributed by atoms with E-state index in [1.54, 1.807) is 12.1 Å². The lowest BCUT2D eigenvalue weighted by molar-refractivity contribution is 0.0605. The van der Waals surface area contributed by atoms with Crippen LogP contribution in [0.15, 0.2) is 58.8 Å². The number of azo groups is 1. The number of nitrogens with zero attached hydrogens (tertiary/aromatic N) is 3. The molecule has 1 heterocycles. The van der Waals surface area contributed by atoms with Crippen LogP contribution in [0.3, 0.4) is 0 Å². The van der Waals surface area contributed by atoms with Gasteiger partial charge in [0.05, 0.1) is 43.4 Å². The van der Waals surface area contributed by atoms with Gasteiger partial charge >= 0.3 is 5.97 Å². The Morgan fingerprint density at radius 3 is 1.75 bits per heavy atom. The van der Waals surface area contributed by atoms with E-state index >= 15 is 0 Å². The molecule has 9 heteroatoms. The molecule has 2 aromatic carbocycles. The summed E-state index contributed by atoms with van der Waals surface area (Å²) in [5.41, 5.74) is 2.78. The quantitative estimate of drug-likeness (QED) is 0.615. The highest BCUT2D eigenvalue weighted by molar-refractivity contribution is 7.99. The van der Waals surface area contributed by atoms with Gasteiger partial charge in [0.15, 0.2) is 0 Å². The molecule has 1 aliphatic heterocycles. The van der Waals surface area contributed by atoms with E-state index in [0.717, 1.165) is 55.0 Å². The van der Waals surface area contributed by atoms with Gasteiger partial charge in [-0.2, -0.15) is 33.8 Å². The van der Waals surface area contributed by atoms with Gasteiger partial charge in [-0.05, 0) is 48.5 Å². The molecule has 3 rings (SSSR count). The van der Waals surface area contributed by atoms with Crippen LogP contribution in [0, 0.1) is 0 Å². The minimum absolute atomic E-state index is 0.234. The van der Waals surface area contributed by atoms with Crippen molar-refractivity contribution in [3.8, 4) is 0 Å². The summed E-state index contributed by atoms with van der Waals surface area (Å²) in [6.45, 7) is 4.85. The van der Waals surface area contributed by atoms with Crippen molar-refractivity contribution in [2.24, 2.45) is 10.2 Å². The Kier molecular flexibility index (Phi) is 10.9. The Labute approximate surface area is 197 Å². The SMILES string of the molecule is O=C(O)c1ccc(N=Nc2ccc(N3CCSCCOCCOCCSCC3)cc2)cc1. The molecular weight excluding hydrogens is 446 g/mol. The van der Waals surface area contributed by atoms with Crippen LogP contribution in [0.2, 0.25) is 0 Å². The average molecular weight is 476 g/mol. The summed E-state index contributed by atoms with van der Waals surface area (Å²) < 4.78 is 11.2. The summed E-state index contributed by atoms with van der Waals surface area (Å²) >= 11 is 3.82. The standard InChI is InChI=1S/C23H29N3O4S2/c27-23(28)19-1-3-20(4-2-19)24-25-21-5-7-22(8-6-21)26-9-15-31-17-13-29-11-12-30-14-18-32-16-10-26/h1-8H,9-18H2,(H,27,28). The van der Waals surface area contributed by atoms with E-state index < -0.39 is 5.97 Å². The molecule has 172 valence electrons. The van der Waals surface area contributed by atoms with E-state index in [-0.39, 0.29) is 5.56 Å². The van der Waals surface area contributed by atoms with Crippen LogP contribution in [0.25, 0.3) is 0 Å². The van der Waals surface area contributed by atoms with Gasteiger partial charge in [0.25, 0.3) is 0 Å². The molecule has 1 N–H and O–H groups in total. The summed E-state index contributed by atoms with van der Waals surface area (Å²) in [6, 6.07) is 14.4. The molecule has 32 heavy (non-hydrogen) atoms. The molecule has 1 saturated heterocycles. The van der Waals surface area contributed by atoms with Crippen molar-refractivity contribution >= 4 is 46.6 Å². The molecule has 0 aliphatic carbocycles. The third-order valence-electron chi connectivity index (χ3n) is 4.74. The van der Waals surface area contributed by atoms with Crippen LogP contribution in [0.1, 0.15) is 10.4 Å². The van der Waals surface area contributed by atoms with Crippen LogP contribution in [-0.4, -0.2) is 73.6 Å². The lowest BCUT2D eigenvalue weighted by atomic mass is 10.2. The van der Waals surface area contributed by atoms with Crippen LogP contribution < -0.4 is 4.90 Å². The van der Waals surface area contributed by atoms with Gasteiger partial charge < -0.3 is 19.5 Å². The summed E-state index contributed by atoms with van der Waals surface area (Å²) in [5, 5.41) is 17.4. The molecule has 0 radical (unpaired) electrons. The Hall–Kier alpha value is -2.07. The summed E-state index contributed by atoms with van der Waals surface area (Å²) in [5.74, 6) is 3.15. The first-order valence-electron chi connectivity index (χ1n) is 10.6. The Bertz CT molecular complexity index is 831. The van der Waals surface area contributed by atoms with E-state index in [9.17, 15) is 4.79 Å². The number of carboxylic acids is 1.